The van der Waals surface area contributed by atoms with Crippen LogP contribution in [-0.2, 0) is 0 Å². The summed E-state index contributed by atoms with van der Waals surface area (Å²) in [6.45, 7) is 1.18. The molecule has 0 atom stereocenters. The van der Waals surface area contributed by atoms with E-state index in [4.69, 9.17) is 19.9 Å². The molecule has 270 valence electrons. The van der Waals surface area contributed by atoms with E-state index >= 15 is 0 Å². The quantitative estimate of drug-likeness (QED) is 0.0328. The van der Waals surface area contributed by atoms with Gasteiger partial charge in [0.2, 0.25) is 0 Å². The molecule has 0 heterocycles. The van der Waals surface area contributed by atoms with Crippen LogP contribution in [0, 0.1) is 0 Å². The summed E-state index contributed by atoms with van der Waals surface area (Å²) in [5.41, 5.74) is 10.6. The summed E-state index contributed by atoms with van der Waals surface area (Å²) in [4.78, 5) is 47.4. The second kappa shape index (κ2) is 21.0. The average molecular weight is 709 g/mol. The van der Waals surface area contributed by atoms with Gasteiger partial charge in [0.15, 0.2) is 0 Å². The highest BCUT2D eigenvalue weighted by Crippen LogP contribution is 2.15. The molecule has 0 saturated heterocycles. The lowest BCUT2D eigenvalue weighted by molar-refractivity contribution is 0.0702. The molecule has 4 aromatic rings. The molecule has 4 aromatic carbocycles. The Kier molecular flexibility index (Phi) is 15.5. The first-order valence-corrected chi connectivity index (χ1v) is 16.6. The first-order valence-electron chi connectivity index (χ1n) is 16.6. The van der Waals surface area contributed by atoms with Crippen molar-refractivity contribution >= 4 is 36.1 Å². The summed E-state index contributed by atoms with van der Waals surface area (Å²) in [6, 6.07) is 26.3. The second-order valence-corrected chi connectivity index (χ2v) is 11.4. The summed E-state index contributed by atoms with van der Waals surface area (Å²) in [6.07, 6.45) is 9.16. The van der Waals surface area contributed by atoms with Crippen LogP contribution in [0.15, 0.2) is 107 Å². The third-order valence-electron chi connectivity index (χ3n) is 7.57. The number of carbonyl (C=O) groups is 4. The van der Waals surface area contributed by atoms with Gasteiger partial charge in [0.25, 0.3) is 23.6 Å². The zero-order valence-corrected chi connectivity index (χ0v) is 28.3. The summed E-state index contributed by atoms with van der Waals surface area (Å²) < 4.78 is 11.8. The number of carbonyl (C=O) groups excluding carboxylic acids is 4. The summed E-state index contributed by atoms with van der Waals surface area (Å²) >= 11 is 0. The van der Waals surface area contributed by atoms with Crippen molar-refractivity contribution in [2.24, 2.45) is 10.2 Å². The Labute approximate surface area is 300 Å². The molecule has 0 spiro atoms. The normalized spacial score (nSPS) is 10.9. The van der Waals surface area contributed by atoms with E-state index in [9.17, 15) is 19.2 Å². The fourth-order valence-electron chi connectivity index (χ4n) is 4.80. The second-order valence-electron chi connectivity index (χ2n) is 11.4. The number of hydrogen-bond donors (Lipinski definition) is 6. The Bertz CT molecular complexity index is 1710. The molecule has 0 bridgehead atoms. The van der Waals surface area contributed by atoms with E-state index in [0.29, 0.717) is 35.8 Å². The zero-order chi connectivity index (χ0) is 37.0. The maximum atomic E-state index is 12.3. The van der Waals surface area contributed by atoms with Crippen molar-refractivity contribution in [3.63, 3.8) is 0 Å². The van der Waals surface area contributed by atoms with E-state index in [0.717, 1.165) is 49.7 Å². The first kappa shape index (κ1) is 38.4. The standard InChI is InChI=1S/C38H40N6O8/c45-35(29-13-17-31(18-14-29)37(47)43-49)41-39-25-27-9-7-11-33(23-27)51-21-5-3-1-2-4-6-22-52-34-12-8-10-28(24-34)26-40-42-36(46)30-15-19-32(20-16-30)38(48)44-50/h7-20,23-26,49-50H,1-6,21-22H2,(H,41,45)(H,42,46)(H,43,47)(H,44,48). The molecule has 0 radical (unpaired) electrons. The number of nitrogens with zero attached hydrogens (tertiary/aromatic N) is 2. The lowest BCUT2D eigenvalue weighted by Crippen LogP contribution is -2.20. The highest BCUT2D eigenvalue weighted by atomic mass is 16.5. The zero-order valence-electron chi connectivity index (χ0n) is 28.3. The van der Waals surface area contributed by atoms with Gasteiger partial charge >= 0.3 is 0 Å². The molecule has 0 aliphatic rings. The predicted octanol–water partition coefficient (Wildman–Crippen LogP) is 5.25. The number of amides is 4. The van der Waals surface area contributed by atoms with Gasteiger partial charge in [-0.15, -0.1) is 0 Å². The molecule has 14 nitrogen and oxygen atoms in total. The Balaban J connectivity index is 1.05. The molecule has 0 unspecified atom stereocenters. The van der Waals surface area contributed by atoms with Crippen LogP contribution >= 0.6 is 0 Å². The summed E-state index contributed by atoms with van der Waals surface area (Å²) in [5, 5.41) is 25.4. The van der Waals surface area contributed by atoms with E-state index in [-0.39, 0.29) is 11.1 Å². The molecule has 0 aliphatic heterocycles. The summed E-state index contributed by atoms with van der Waals surface area (Å²) in [5.74, 6) is -0.783. The van der Waals surface area contributed by atoms with Crippen LogP contribution in [0.25, 0.3) is 0 Å². The number of benzene rings is 4. The molecular formula is C38H40N6O8. The average Bonchev–Trinajstić information content (AvgIpc) is 3.18. The van der Waals surface area contributed by atoms with Gasteiger partial charge in [0, 0.05) is 22.3 Å². The van der Waals surface area contributed by atoms with Crippen molar-refractivity contribution in [1.29, 1.82) is 0 Å². The van der Waals surface area contributed by atoms with Crippen LogP contribution < -0.4 is 31.3 Å². The fraction of sp³-hybridized carbons (Fsp3) is 0.211. The minimum atomic E-state index is -0.664. The Morgan fingerprint density at radius 2 is 0.846 bits per heavy atom. The van der Waals surface area contributed by atoms with Crippen molar-refractivity contribution in [3.8, 4) is 11.5 Å². The maximum absolute atomic E-state index is 12.3. The largest absolute Gasteiger partial charge is 0.494 e. The molecule has 0 saturated carbocycles. The van der Waals surface area contributed by atoms with E-state index < -0.39 is 23.6 Å². The van der Waals surface area contributed by atoms with Gasteiger partial charge < -0.3 is 9.47 Å². The van der Waals surface area contributed by atoms with Crippen LogP contribution in [0.4, 0.5) is 0 Å². The Morgan fingerprint density at radius 3 is 1.21 bits per heavy atom. The van der Waals surface area contributed by atoms with Gasteiger partial charge in [-0.3, -0.25) is 29.6 Å². The SMILES string of the molecule is O=C(NO)c1ccc(C(=O)NN=Cc2cccc(OCCCCCCCCOc3cccc(C=NNC(=O)c4ccc(C(=O)NO)cc4)c3)c2)cc1. The maximum Gasteiger partial charge on any atom is 0.274 e. The molecule has 0 aliphatic carbocycles. The van der Waals surface area contributed by atoms with Gasteiger partial charge in [-0.2, -0.15) is 10.2 Å². The Hall–Kier alpha value is -6.38. The molecule has 4 amide bonds. The lowest BCUT2D eigenvalue weighted by atomic mass is 10.1. The first-order chi connectivity index (χ1) is 25.4. The van der Waals surface area contributed by atoms with Crippen LogP contribution in [-0.4, -0.2) is 59.7 Å². The molecule has 0 fully saturated rings. The van der Waals surface area contributed by atoms with Crippen LogP contribution in [0.3, 0.4) is 0 Å². The van der Waals surface area contributed by atoms with Gasteiger partial charge in [-0.05, 0) is 96.8 Å². The van der Waals surface area contributed by atoms with Gasteiger partial charge in [-0.25, -0.2) is 21.8 Å². The smallest absolute Gasteiger partial charge is 0.274 e. The highest BCUT2D eigenvalue weighted by molar-refractivity contribution is 5.98. The number of hydrazone groups is 2. The third kappa shape index (κ3) is 12.8. The third-order valence-corrected chi connectivity index (χ3v) is 7.57. The lowest BCUT2D eigenvalue weighted by Gasteiger charge is -2.08. The minimum Gasteiger partial charge on any atom is -0.494 e. The number of nitrogens with one attached hydrogen (secondary N) is 4. The Morgan fingerprint density at radius 1 is 0.500 bits per heavy atom. The minimum absolute atomic E-state index is 0.220. The molecule has 52 heavy (non-hydrogen) atoms. The van der Waals surface area contributed by atoms with E-state index in [1.54, 1.807) is 0 Å². The van der Waals surface area contributed by atoms with Crippen molar-refractivity contribution < 1.29 is 39.1 Å². The van der Waals surface area contributed by atoms with E-state index in [1.807, 2.05) is 48.5 Å². The van der Waals surface area contributed by atoms with Gasteiger partial charge in [-0.1, -0.05) is 49.9 Å². The number of rotatable bonds is 19. The van der Waals surface area contributed by atoms with Crippen molar-refractivity contribution in [3.05, 3.63) is 130 Å². The predicted molar refractivity (Wildman–Crippen MR) is 193 cm³/mol. The number of unbranched alkanes of at least 4 members (excludes halogenated alkanes) is 5. The number of hydroxylamine groups is 2. The molecule has 6 N–H and O–H groups in total. The van der Waals surface area contributed by atoms with Crippen LogP contribution in [0.5, 0.6) is 11.5 Å². The molecule has 4 rings (SSSR count). The molecule has 14 heteroatoms. The molecule has 0 aromatic heterocycles. The highest BCUT2D eigenvalue weighted by Gasteiger charge is 2.09. The van der Waals surface area contributed by atoms with Crippen LogP contribution in [0.2, 0.25) is 0 Å². The monoisotopic (exact) mass is 708 g/mol. The van der Waals surface area contributed by atoms with Crippen molar-refractivity contribution in [2.45, 2.75) is 38.5 Å². The number of ether oxygens (including phenoxy) is 2. The van der Waals surface area contributed by atoms with E-state index in [2.05, 4.69) is 21.1 Å². The summed E-state index contributed by atoms with van der Waals surface area (Å²) in [7, 11) is 0. The van der Waals surface area contributed by atoms with E-state index in [1.165, 1.54) is 71.9 Å². The topological polar surface area (TPSA) is 200 Å². The fourth-order valence-corrected chi connectivity index (χ4v) is 4.80. The van der Waals surface area contributed by atoms with Crippen molar-refractivity contribution in [2.75, 3.05) is 13.2 Å². The van der Waals surface area contributed by atoms with Crippen LogP contribution in [0.1, 0.15) is 91.1 Å². The van der Waals surface area contributed by atoms with Gasteiger partial charge in [0.05, 0.1) is 25.6 Å². The van der Waals surface area contributed by atoms with Crippen molar-refractivity contribution in [1.82, 2.24) is 21.8 Å². The molecular weight excluding hydrogens is 668 g/mol. The number of hydrogen-bond acceptors (Lipinski definition) is 10. The van der Waals surface area contributed by atoms with Gasteiger partial charge in [0.1, 0.15) is 11.5 Å².